The van der Waals surface area contributed by atoms with Crippen molar-refractivity contribution in [2.75, 3.05) is 26.9 Å². The summed E-state index contributed by atoms with van der Waals surface area (Å²) in [6.07, 6.45) is 0.743. The molecule has 124 valence electrons. The molecule has 0 heterocycles. The van der Waals surface area contributed by atoms with Gasteiger partial charge in [-0.1, -0.05) is 29.3 Å². The van der Waals surface area contributed by atoms with E-state index in [-0.39, 0.29) is 0 Å². The van der Waals surface area contributed by atoms with E-state index in [0.717, 1.165) is 17.7 Å². The minimum atomic E-state index is 0.375. The van der Waals surface area contributed by atoms with Gasteiger partial charge in [0.05, 0.1) is 12.1 Å². The van der Waals surface area contributed by atoms with E-state index < -0.39 is 0 Å². The Morgan fingerprint density at radius 1 is 1.04 bits per heavy atom. The van der Waals surface area contributed by atoms with Crippen LogP contribution >= 0.6 is 11.6 Å². The van der Waals surface area contributed by atoms with Crippen LogP contribution in [0.4, 0.5) is 0 Å². The van der Waals surface area contributed by atoms with Gasteiger partial charge in [0.2, 0.25) is 0 Å². The van der Waals surface area contributed by atoms with Gasteiger partial charge in [0.15, 0.2) is 11.5 Å². The lowest BCUT2D eigenvalue weighted by molar-refractivity contribution is 0.211. The van der Waals surface area contributed by atoms with Crippen LogP contribution in [0.3, 0.4) is 0 Å². The standard InChI is InChI=1S/C18H22ClNO3/c1-13-3-5-15(6-4-13)22-9-10-23-18-16(19)11-14(7-8-20)12-17(18)21-2/h3-6,11-12H,7-10,20H2,1-2H3. The van der Waals surface area contributed by atoms with Crippen molar-refractivity contribution in [3.63, 3.8) is 0 Å². The molecule has 2 aromatic carbocycles. The van der Waals surface area contributed by atoms with Gasteiger partial charge in [-0.15, -0.1) is 0 Å². The molecule has 0 spiro atoms. The smallest absolute Gasteiger partial charge is 0.179 e. The number of benzene rings is 2. The maximum atomic E-state index is 6.28. The van der Waals surface area contributed by atoms with Gasteiger partial charge in [-0.05, 0) is 49.7 Å². The molecule has 0 aromatic heterocycles. The van der Waals surface area contributed by atoms with E-state index in [2.05, 4.69) is 0 Å². The summed E-state index contributed by atoms with van der Waals surface area (Å²) in [4.78, 5) is 0. The molecule has 2 rings (SSSR count). The lowest BCUT2D eigenvalue weighted by Crippen LogP contribution is -2.10. The van der Waals surface area contributed by atoms with Crippen molar-refractivity contribution in [3.8, 4) is 17.2 Å². The highest BCUT2D eigenvalue weighted by molar-refractivity contribution is 6.32. The van der Waals surface area contributed by atoms with Crippen molar-refractivity contribution in [2.24, 2.45) is 5.73 Å². The van der Waals surface area contributed by atoms with Crippen molar-refractivity contribution >= 4 is 11.6 Å². The quantitative estimate of drug-likeness (QED) is 0.749. The molecular weight excluding hydrogens is 314 g/mol. The molecule has 0 amide bonds. The van der Waals surface area contributed by atoms with Gasteiger partial charge in [-0.3, -0.25) is 0 Å². The van der Waals surface area contributed by atoms with Crippen LogP contribution in [-0.2, 0) is 6.42 Å². The van der Waals surface area contributed by atoms with Crippen LogP contribution in [0.1, 0.15) is 11.1 Å². The molecule has 0 aliphatic carbocycles. The predicted octanol–water partition coefficient (Wildman–Crippen LogP) is 3.62. The second kappa shape index (κ2) is 8.65. The minimum absolute atomic E-state index is 0.375. The highest BCUT2D eigenvalue weighted by Crippen LogP contribution is 2.36. The van der Waals surface area contributed by atoms with Crippen molar-refractivity contribution in [1.82, 2.24) is 0 Å². The molecule has 0 saturated carbocycles. The molecule has 0 aliphatic rings. The SMILES string of the molecule is COc1cc(CCN)cc(Cl)c1OCCOc1ccc(C)cc1. The third-order valence-corrected chi connectivity index (χ3v) is 3.62. The molecule has 2 aromatic rings. The first-order valence-corrected chi connectivity index (χ1v) is 7.90. The van der Waals surface area contributed by atoms with E-state index in [1.54, 1.807) is 7.11 Å². The summed E-state index contributed by atoms with van der Waals surface area (Å²) >= 11 is 6.28. The van der Waals surface area contributed by atoms with E-state index in [1.165, 1.54) is 5.56 Å². The molecule has 4 nitrogen and oxygen atoms in total. The third-order valence-electron chi connectivity index (χ3n) is 3.34. The number of aryl methyl sites for hydroxylation is 1. The van der Waals surface area contributed by atoms with Crippen molar-refractivity contribution in [3.05, 3.63) is 52.5 Å². The van der Waals surface area contributed by atoms with Crippen LogP contribution in [0.5, 0.6) is 17.2 Å². The molecule has 0 bridgehead atoms. The number of rotatable bonds is 8. The van der Waals surface area contributed by atoms with Gasteiger partial charge < -0.3 is 19.9 Å². The number of halogens is 1. The Hall–Kier alpha value is -1.91. The summed E-state index contributed by atoms with van der Waals surface area (Å²) in [7, 11) is 1.59. The zero-order valence-corrected chi connectivity index (χ0v) is 14.2. The molecule has 23 heavy (non-hydrogen) atoms. The van der Waals surface area contributed by atoms with Crippen LogP contribution in [0.25, 0.3) is 0 Å². The van der Waals surface area contributed by atoms with Crippen molar-refractivity contribution < 1.29 is 14.2 Å². The van der Waals surface area contributed by atoms with Gasteiger partial charge in [-0.25, -0.2) is 0 Å². The summed E-state index contributed by atoms with van der Waals surface area (Å²) in [5, 5.41) is 0.517. The number of hydrogen-bond acceptors (Lipinski definition) is 4. The fraction of sp³-hybridized carbons (Fsp3) is 0.333. The molecule has 0 saturated heterocycles. The zero-order chi connectivity index (χ0) is 16.7. The molecule has 0 aliphatic heterocycles. The zero-order valence-electron chi connectivity index (χ0n) is 13.5. The molecule has 5 heteroatoms. The Morgan fingerprint density at radius 3 is 2.39 bits per heavy atom. The van der Waals surface area contributed by atoms with E-state index >= 15 is 0 Å². The molecule has 0 radical (unpaired) electrons. The Balaban J connectivity index is 1.93. The third kappa shape index (κ3) is 5.05. The molecule has 0 atom stereocenters. The van der Waals surface area contributed by atoms with E-state index in [4.69, 9.17) is 31.5 Å². The van der Waals surface area contributed by atoms with Gasteiger partial charge in [0.25, 0.3) is 0 Å². The Kier molecular flexibility index (Phi) is 6.56. The van der Waals surface area contributed by atoms with Crippen LogP contribution in [-0.4, -0.2) is 26.9 Å². The predicted molar refractivity (Wildman–Crippen MR) is 92.9 cm³/mol. The first-order valence-electron chi connectivity index (χ1n) is 7.52. The highest BCUT2D eigenvalue weighted by Gasteiger charge is 2.12. The summed E-state index contributed by atoms with van der Waals surface area (Å²) in [5.41, 5.74) is 7.79. The number of hydrogen-bond donors (Lipinski definition) is 1. The monoisotopic (exact) mass is 335 g/mol. The Morgan fingerprint density at radius 2 is 1.74 bits per heavy atom. The van der Waals surface area contributed by atoms with E-state index in [9.17, 15) is 0 Å². The van der Waals surface area contributed by atoms with Gasteiger partial charge in [-0.2, -0.15) is 0 Å². The summed E-state index contributed by atoms with van der Waals surface area (Å²) in [6.45, 7) is 3.40. The lowest BCUT2D eigenvalue weighted by atomic mass is 10.1. The minimum Gasteiger partial charge on any atom is -0.493 e. The van der Waals surface area contributed by atoms with Crippen molar-refractivity contribution in [1.29, 1.82) is 0 Å². The lowest BCUT2D eigenvalue weighted by Gasteiger charge is -2.14. The summed E-state index contributed by atoms with van der Waals surface area (Å²) in [5.74, 6) is 1.95. The summed E-state index contributed by atoms with van der Waals surface area (Å²) < 4.78 is 16.7. The van der Waals surface area contributed by atoms with Gasteiger partial charge in [0.1, 0.15) is 19.0 Å². The van der Waals surface area contributed by atoms with Crippen LogP contribution in [0.2, 0.25) is 5.02 Å². The highest BCUT2D eigenvalue weighted by atomic mass is 35.5. The molecule has 0 fully saturated rings. The number of nitrogens with two attached hydrogens (primary N) is 1. The van der Waals surface area contributed by atoms with Gasteiger partial charge in [0, 0.05) is 0 Å². The number of methoxy groups -OCH3 is 1. The van der Waals surface area contributed by atoms with Crippen LogP contribution in [0.15, 0.2) is 36.4 Å². The van der Waals surface area contributed by atoms with Crippen molar-refractivity contribution in [2.45, 2.75) is 13.3 Å². The average Bonchev–Trinajstić information content (AvgIpc) is 2.54. The second-order valence-corrected chi connectivity index (χ2v) is 5.56. The normalized spacial score (nSPS) is 10.4. The maximum absolute atomic E-state index is 6.28. The topological polar surface area (TPSA) is 53.7 Å². The fourth-order valence-electron chi connectivity index (χ4n) is 2.16. The fourth-order valence-corrected chi connectivity index (χ4v) is 2.45. The second-order valence-electron chi connectivity index (χ2n) is 5.16. The van der Waals surface area contributed by atoms with Gasteiger partial charge >= 0.3 is 0 Å². The largest absolute Gasteiger partial charge is 0.493 e. The van der Waals surface area contributed by atoms with E-state index in [0.29, 0.717) is 36.3 Å². The van der Waals surface area contributed by atoms with Crippen LogP contribution in [0, 0.1) is 6.92 Å². The average molecular weight is 336 g/mol. The Labute approximate surface area is 142 Å². The van der Waals surface area contributed by atoms with Crippen LogP contribution < -0.4 is 19.9 Å². The number of ether oxygens (including phenoxy) is 3. The molecular formula is C18H22ClNO3. The van der Waals surface area contributed by atoms with E-state index in [1.807, 2.05) is 43.3 Å². The molecule has 0 unspecified atom stereocenters. The Bertz CT molecular complexity index is 629. The first-order chi connectivity index (χ1) is 11.1. The maximum Gasteiger partial charge on any atom is 0.179 e. The first kappa shape index (κ1) is 17.4. The summed E-state index contributed by atoms with van der Waals surface area (Å²) in [6, 6.07) is 11.6. The molecule has 2 N–H and O–H groups in total.